The molecule has 3 rings (SSSR count). The molecule has 7 heteroatoms. The highest BCUT2D eigenvalue weighted by Gasteiger charge is 2.34. The Morgan fingerprint density at radius 2 is 2.08 bits per heavy atom. The van der Waals surface area contributed by atoms with Gasteiger partial charge in [0.15, 0.2) is 0 Å². The van der Waals surface area contributed by atoms with E-state index in [1.54, 1.807) is 21.3 Å². The highest BCUT2D eigenvalue weighted by atomic mass is 32.2. The van der Waals surface area contributed by atoms with Crippen molar-refractivity contribution in [3.8, 4) is 0 Å². The molecule has 2 unspecified atom stereocenters. The van der Waals surface area contributed by atoms with Gasteiger partial charge in [-0.2, -0.15) is 4.31 Å². The minimum atomic E-state index is -3.56. The summed E-state index contributed by atoms with van der Waals surface area (Å²) in [7, 11) is -3.56. The van der Waals surface area contributed by atoms with Crippen molar-refractivity contribution in [1.82, 2.24) is 4.31 Å². The van der Waals surface area contributed by atoms with Gasteiger partial charge in [0.05, 0.1) is 4.90 Å². The van der Waals surface area contributed by atoms with Gasteiger partial charge >= 0.3 is 0 Å². The van der Waals surface area contributed by atoms with E-state index < -0.39 is 10.0 Å². The molecule has 1 aromatic rings. The normalized spacial score (nSPS) is 24.9. The number of anilines is 1. The molecule has 2 heterocycles. The van der Waals surface area contributed by atoms with Crippen LogP contribution in [-0.2, 0) is 21.2 Å². The lowest BCUT2D eigenvalue weighted by Gasteiger charge is -2.35. The lowest BCUT2D eigenvalue weighted by Crippen LogP contribution is -2.45. The van der Waals surface area contributed by atoms with E-state index in [0.29, 0.717) is 32.1 Å². The van der Waals surface area contributed by atoms with Crippen LogP contribution in [0.15, 0.2) is 23.1 Å². The molecular weight excluding hydrogens is 326 g/mol. The number of hydrogen-bond donors (Lipinski definition) is 1. The van der Waals surface area contributed by atoms with Crippen molar-refractivity contribution in [3.05, 3.63) is 23.8 Å². The summed E-state index contributed by atoms with van der Waals surface area (Å²) < 4.78 is 27.6. The molecule has 2 atom stereocenters. The molecule has 0 aliphatic carbocycles. The van der Waals surface area contributed by atoms with E-state index in [0.717, 1.165) is 24.1 Å². The van der Waals surface area contributed by atoms with Gasteiger partial charge in [-0.15, -0.1) is 0 Å². The third kappa shape index (κ3) is 2.96. The first-order chi connectivity index (χ1) is 11.3. The first-order valence-corrected chi connectivity index (χ1v) is 9.90. The van der Waals surface area contributed by atoms with Crippen LogP contribution in [-0.4, -0.2) is 44.8 Å². The number of carbonyl (C=O) groups is 1. The van der Waals surface area contributed by atoms with Crippen molar-refractivity contribution in [1.29, 1.82) is 0 Å². The van der Waals surface area contributed by atoms with Crippen LogP contribution < -0.4 is 10.6 Å². The zero-order valence-corrected chi connectivity index (χ0v) is 15.1. The van der Waals surface area contributed by atoms with E-state index in [2.05, 4.69) is 6.92 Å². The SMILES string of the molecule is CC(=O)N1CCc2ccc(S(=O)(=O)N3CCC(C)C(CN)C3)cc21. The number of hydrogen-bond acceptors (Lipinski definition) is 4. The monoisotopic (exact) mass is 351 g/mol. The van der Waals surface area contributed by atoms with Crippen LogP contribution in [0.2, 0.25) is 0 Å². The van der Waals surface area contributed by atoms with Crippen LogP contribution in [0.1, 0.15) is 25.8 Å². The molecule has 1 saturated heterocycles. The van der Waals surface area contributed by atoms with Crippen LogP contribution in [0.4, 0.5) is 5.69 Å². The third-order valence-corrected chi connectivity index (χ3v) is 7.21. The molecule has 132 valence electrons. The van der Waals surface area contributed by atoms with Gasteiger partial charge in [-0.3, -0.25) is 4.79 Å². The Morgan fingerprint density at radius 1 is 1.33 bits per heavy atom. The van der Waals surface area contributed by atoms with Gasteiger partial charge in [0, 0.05) is 32.2 Å². The highest BCUT2D eigenvalue weighted by Crippen LogP contribution is 2.33. The molecule has 0 bridgehead atoms. The molecule has 0 saturated carbocycles. The van der Waals surface area contributed by atoms with Crippen molar-refractivity contribution >= 4 is 21.6 Å². The fraction of sp³-hybridized carbons (Fsp3) is 0.588. The Hall–Kier alpha value is -1.44. The summed E-state index contributed by atoms with van der Waals surface area (Å²) in [4.78, 5) is 13.7. The summed E-state index contributed by atoms with van der Waals surface area (Å²) in [6.45, 7) is 5.73. The van der Waals surface area contributed by atoms with Crippen LogP contribution in [0.25, 0.3) is 0 Å². The van der Waals surface area contributed by atoms with E-state index in [1.165, 1.54) is 6.92 Å². The Morgan fingerprint density at radius 3 is 2.75 bits per heavy atom. The Balaban J connectivity index is 1.91. The summed E-state index contributed by atoms with van der Waals surface area (Å²) in [6, 6.07) is 5.14. The Kier molecular flexibility index (Phi) is 4.68. The fourth-order valence-electron chi connectivity index (χ4n) is 3.64. The molecular formula is C17H25N3O3S. The maximum atomic E-state index is 13.0. The van der Waals surface area contributed by atoms with Crippen molar-refractivity contribution in [2.45, 2.75) is 31.6 Å². The van der Waals surface area contributed by atoms with Crippen LogP contribution in [0.3, 0.4) is 0 Å². The predicted octanol–water partition coefficient (Wildman–Crippen LogP) is 1.20. The minimum Gasteiger partial charge on any atom is -0.330 e. The summed E-state index contributed by atoms with van der Waals surface area (Å²) in [5.41, 5.74) is 7.55. The highest BCUT2D eigenvalue weighted by molar-refractivity contribution is 7.89. The lowest BCUT2D eigenvalue weighted by atomic mass is 9.88. The van der Waals surface area contributed by atoms with Gasteiger partial charge in [0.1, 0.15) is 0 Å². The standard InChI is InChI=1S/C17H25N3O3S/c1-12-5-7-19(11-15(12)10-18)24(22,23)16-4-3-14-6-8-20(13(2)21)17(14)9-16/h3-4,9,12,15H,5-8,10-11,18H2,1-2H3. The van der Waals surface area contributed by atoms with E-state index in [9.17, 15) is 13.2 Å². The summed E-state index contributed by atoms with van der Waals surface area (Å²) >= 11 is 0. The third-order valence-electron chi connectivity index (χ3n) is 5.35. The van der Waals surface area contributed by atoms with E-state index >= 15 is 0 Å². The summed E-state index contributed by atoms with van der Waals surface area (Å²) in [5, 5.41) is 0. The lowest BCUT2D eigenvalue weighted by molar-refractivity contribution is -0.116. The number of fused-ring (bicyclic) bond motifs is 1. The van der Waals surface area contributed by atoms with Gasteiger partial charge in [-0.05, 0) is 48.9 Å². The smallest absolute Gasteiger partial charge is 0.243 e. The number of nitrogens with zero attached hydrogens (tertiary/aromatic N) is 2. The molecule has 1 amide bonds. The Labute approximate surface area is 143 Å². The number of sulfonamides is 1. The van der Waals surface area contributed by atoms with Crippen molar-refractivity contribution in [2.75, 3.05) is 31.1 Å². The maximum Gasteiger partial charge on any atom is 0.243 e. The van der Waals surface area contributed by atoms with E-state index in [1.807, 2.05) is 6.07 Å². The number of amides is 1. The van der Waals surface area contributed by atoms with Crippen molar-refractivity contribution in [3.63, 3.8) is 0 Å². The summed E-state index contributed by atoms with van der Waals surface area (Å²) in [6.07, 6.45) is 1.59. The van der Waals surface area contributed by atoms with Gasteiger partial charge in [0.2, 0.25) is 15.9 Å². The average molecular weight is 351 g/mol. The first kappa shape index (κ1) is 17.4. The number of carbonyl (C=O) groups excluding carboxylic acids is 1. The first-order valence-electron chi connectivity index (χ1n) is 8.46. The second-order valence-electron chi connectivity index (χ2n) is 6.84. The van der Waals surface area contributed by atoms with Crippen LogP contribution in [0.5, 0.6) is 0 Å². The van der Waals surface area contributed by atoms with E-state index in [4.69, 9.17) is 5.73 Å². The number of nitrogens with two attached hydrogens (primary N) is 1. The molecule has 2 aliphatic heterocycles. The molecule has 2 N–H and O–H groups in total. The second-order valence-corrected chi connectivity index (χ2v) is 8.77. The molecule has 0 radical (unpaired) electrons. The van der Waals surface area contributed by atoms with Crippen LogP contribution in [0, 0.1) is 11.8 Å². The molecule has 0 aromatic heterocycles. The summed E-state index contributed by atoms with van der Waals surface area (Å²) in [5.74, 6) is 0.574. The van der Waals surface area contributed by atoms with Gasteiger partial charge in [0.25, 0.3) is 0 Å². The molecule has 0 spiro atoms. The second kappa shape index (κ2) is 6.46. The van der Waals surface area contributed by atoms with Gasteiger partial charge in [-0.25, -0.2) is 8.42 Å². The van der Waals surface area contributed by atoms with Crippen molar-refractivity contribution < 1.29 is 13.2 Å². The number of benzene rings is 1. The topological polar surface area (TPSA) is 83.7 Å². The number of rotatable bonds is 3. The molecule has 6 nitrogen and oxygen atoms in total. The quantitative estimate of drug-likeness (QED) is 0.887. The maximum absolute atomic E-state index is 13.0. The largest absolute Gasteiger partial charge is 0.330 e. The zero-order valence-electron chi connectivity index (χ0n) is 14.2. The fourth-order valence-corrected chi connectivity index (χ4v) is 5.17. The number of piperidine rings is 1. The van der Waals surface area contributed by atoms with Gasteiger partial charge < -0.3 is 10.6 Å². The molecule has 2 aliphatic rings. The van der Waals surface area contributed by atoms with Crippen LogP contribution >= 0.6 is 0 Å². The predicted molar refractivity (Wildman–Crippen MR) is 93.3 cm³/mol. The Bertz CT molecular complexity index is 747. The minimum absolute atomic E-state index is 0.0571. The molecule has 1 aromatic carbocycles. The van der Waals surface area contributed by atoms with Gasteiger partial charge in [-0.1, -0.05) is 13.0 Å². The zero-order chi connectivity index (χ0) is 17.5. The van der Waals surface area contributed by atoms with Crippen molar-refractivity contribution in [2.24, 2.45) is 17.6 Å². The molecule has 24 heavy (non-hydrogen) atoms. The van der Waals surface area contributed by atoms with E-state index in [-0.39, 0.29) is 16.7 Å². The average Bonchev–Trinajstić information content (AvgIpc) is 2.98. The molecule has 1 fully saturated rings.